The number of amides is 2. The van der Waals surface area contributed by atoms with Crippen LogP contribution in [-0.2, 0) is 9.59 Å². The lowest BCUT2D eigenvalue weighted by Gasteiger charge is -2.15. The molecule has 0 aliphatic carbocycles. The molecule has 2 heterocycles. The number of hydrogen-bond acceptors (Lipinski definition) is 6. The molecule has 0 atom stereocenters. The fourth-order valence-corrected chi connectivity index (χ4v) is 3.92. The largest absolute Gasteiger partial charge is 0.497 e. The number of rotatable bonds is 3. The van der Waals surface area contributed by atoms with Gasteiger partial charge in [0.1, 0.15) is 5.75 Å². The first-order chi connectivity index (χ1) is 13.1. The van der Waals surface area contributed by atoms with Crippen molar-refractivity contribution in [3.8, 4) is 5.75 Å². The van der Waals surface area contributed by atoms with Gasteiger partial charge in [-0.25, -0.2) is 0 Å². The molecule has 0 saturated carbocycles. The molecule has 136 valence electrons. The average Bonchev–Trinajstić information content (AvgIpc) is 3.19. The van der Waals surface area contributed by atoms with Crippen LogP contribution >= 0.6 is 27.7 Å². The van der Waals surface area contributed by atoms with Gasteiger partial charge in [0.05, 0.1) is 24.2 Å². The van der Waals surface area contributed by atoms with E-state index in [4.69, 9.17) is 4.74 Å². The Labute approximate surface area is 167 Å². The first kappa shape index (κ1) is 17.7. The summed E-state index contributed by atoms with van der Waals surface area (Å²) >= 11 is 4.67. The second-order valence-corrected chi connectivity index (χ2v) is 7.55. The van der Waals surface area contributed by atoms with Crippen molar-refractivity contribution < 1.29 is 14.3 Å². The molecule has 7 nitrogen and oxygen atoms in total. The van der Waals surface area contributed by atoms with Gasteiger partial charge in [0, 0.05) is 10.0 Å². The zero-order valence-electron chi connectivity index (χ0n) is 14.1. The van der Waals surface area contributed by atoms with Crippen LogP contribution in [0.4, 0.5) is 11.4 Å². The predicted octanol–water partition coefficient (Wildman–Crippen LogP) is 3.25. The van der Waals surface area contributed by atoms with Gasteiger partial charge < -0.3 is 10.1 Å². The third-order valence-electron chi connectivity index (χ3n) is 4.03. The Morgan fingerprint density at radius 2 is 1.93 bits per heavy atom. The first-order valence-corrected chi connectivity index (χ1v) is 9.71. The summed E-state index contributed by atoms with van der Waals surface area (Å²) in [5.41, 5.74) is 2.24. The minimum absolute atomic E-state index is 0.0943. The van der Waals surface area contributed by atoms with Gasteiger partial charge in [-0.1, -0.05) is 27.7 Å². The molecular weight excluding hydrogens is 432 g/mol. The highest BCUT2D eigenvalue weighted by atomic mass is 79.9. The summed E-state index contributed by atoms with van der Waals surface area (Å²) in [6.45, 7) is 0. The van der Waals surface area contributed by atoms with E-state index in [9.17, 15) is 9.59 Å². The molecule has 1 fully saturated rings. The van der Waals surface area contributed by atoms with Crippen molar-refractivity contribution >= 4 is 61.8 Å². The van der Waals surface area contributed by atoms with E-state index < -0.39 is 0 Å². The number of thioether (sulfide) groups is 1. The zero-order chi connectivity index (χ0) is 19.0. The Morgan fingerprint density at radius 3 is 2.67 bits per heavy atom. The van der Waals surface area contributed by atoms with Gasteiger partial charge in [-0.05, 0) is 42.5 Å². The molecule has 0 bridgehead atoms. The number of methoxy groups -OCH3 is 1. The van der Waals surface area contributed by atoms with Crippen LogP contribution in [0.1, 0.15) is 5.56 Å². The van der Waals surface area contributed by atoms with Crippen LogP contribution in [0.15, 0.2) is 57.1 Å². The standard InChI is InChI=1S/C18H13BrN4O3S/c1-26-12-5-3-11(4-6-12)23-15(24)9-27-18(23)22-21-16-13-8-10(19)2-7-14(13)20-17(16)25/h2-8H,9H2,1H3,(H,20,21,25). The number of amidine groups is 1. The lowest BCUT2D eigenvalue weighted by atomic mass is 10.1. The van der Waals surface area contributed by atoms with Crippen molar-refractivity contribution in [3.05, 3.63) is 52.5 Å². The van der Waals surface area contributed by atoms with Gasteiger partial charge >= 0.3 is 0 Å². The molecule has 2 aromatic carbocycles. The summed E-state index contributed by atoms with van der Waals surface area (Å²) in [5.74, 6) is 0.548. The lowest BCUT2D eigenvalue weighted by Crippen LogP contribution is -2.29. The van der Waals surface area contributed by atoms with Crippen LogP contribution < -0.4 is 15.0 Å². The minimum Gasteiger partial charge on any atom is -0.497 e. The molecule has 0 aromatic heterocycles. The van der Waals surface area contributed by atoms with E-state index in [1.807, 2.05) is 6.07 Å². The van der Waals surface area contributed by atoms with Gasteiger partial charge in [-0.3, -0.25) is 14.5 Å². The number of ether oxygens (including phenoxy) is 1. The molecule has 1 saturated heterocycles. The van der Waals surface area contributed by atoms with E-state index in [-0.39, 0.29) is 23.3 Å². The van der Waals surface area contributed by atoms with E-state index in [0.717, 1.165) is 4.47 Å². The van der Waals surface area contributed by atoms with E-state index in [2.05, 4.69) is 31.4 Å². The fraction of sp³-hybridized carbons (Fsp3) is 0.111. The molecular formula is C18H13BrN4O3S. The van der Waals surface area contributed by atoms with Crippen molar-refractivity contribution in [2.45, 2.75) is 0 Å². The number of nitrogens with one attached hydrogen (secondary N) is 1. The van der Waals surface area contributed by atoms with Gasteiger partial charge in [0.15, 0.2) is 10.9 Å². The van der Waals surface area contributed by atoms with Crippen LogP contribution in [0, 0.1) is 0 Å². The number of fused-ring (bicyclic) bond motifs is 1. The zero-order valence-corrected chi connectivity index (χ0v) is 16.5. The Morgan fingerprint density at radius 1 is 1.15 bits per heavy atom. The molecule has 2 aromatic rings. The second kappa shape index (κ2) is 7.16. The molecule has 27 heavy (non-hydrogen) atoms. The SMILES string of the molecule is COc1ccc(N2C(=O)CSC2=NN=C2C(=O)Nc3ccc(Br)cc32)cc1. The van der Waals surface area contributed by atoms with Crippen molar-refractivity contribution in [1.29, 1.82) is 0 Å². The highest BCUT2D eigenvalue weighted by Gasteiger charge is 2.31. The fourth-order valence-electron chi connectivity index (χ4n) is 2.74. The lowest BCUT2D eigenvalue weighted by molar-refractivity contribution is -0.115. The second-order valence-electron chi connectivity index (χ2n) is 5.69. The predicted molar refractivity (Wildman–Crippen MR) is 110 cm³/mol. The van der Waals surface area contributed by atoms with Crippen LogP contribution in [-0.4, -0.2) is 35.6 Å². The molecule has 2 aliphatic heterocycles. The summed E-state index contributed by atoms with van der Waals surface area (Å²) in [5, 5.41) is 11.5. The van der Waals surface area contributed by atoms with Crippen molar-refractivity contribution in [3.63, 3.8) is 0 Å². The van der Waals surface area contributed by atoms with Crippen LogP contribution in [0.5, 0.6) is 5.75 Å². The summed E-state index contributed by atoms with van der Waals surface area (Å²) in [6.07, 6.45) is 0. The summed E-state index contributed by atoms with van der Waals surface area (Å²) < 4.78 is 5.98. The third-order valence-corrected chi connectivity index (χ3v) is 5.44. The number of halogens is 1. The van der Waals surface area contributed by atoms with Crippen LogP contribution in [0.2, 0.25) is 0 Å². The molecule has 0 unspecified atom stereocenters. The maximum atomic E-state index is 12.3. The maximum Gasteiger partial charge on any atom is 0.276 e. The monoisotopic (exact) mass is 444 g/mol. The number of hydrogen-bond donors (Lipinski definition) is 1. The van der Waals surface area contributed by atoms with Gasteiger partial charge in [0.25, 0.3) is 5.91 Å². The summed E-state index contributed by atoms with van der Waals surface area (Å²) in [6, 6.07) is 12.5. The number of benzene rings is 2. The van der Waals surface area contributed by atoms with Gasteiger partial charge in [-0.15, -0.1) is 10.2 Å². The molecule has 2 amide bonds. The maximum absolute atomic E-state index is 12.3. The van der Waals surface area contributed by atoms with E-state index in [1.54, 1.807) is 43.5 Å². The van der Waals surface area contributed by atoms with Crippen molar-refractivity contribution in [2.24, 2.45) is 10.2 Å². The van der Waals surface area contributed by atoms with Crippen molar-refractivity contribution in [1.82, 2.24) is 0 Å². The summed E-state index contributed by atoms with van der Waals surface area (Å²) in [7, 11) is 1.58. The minimum atomic E-state index is -0.322. The summed E-state index contributed by atoms with van der Waals surface area (Å²) in [4.78, 5) is 26.0. The number of carbonyl (C=O) groups is 2. The van der Waals surface area contributed by atoms with Crippen LogP contribution in [0.3, 0.4) is 0 Å². The highest BCUT2D eigenvalue weighted by Crippen LogP contribution is 2.30. The normalized spacial score (nSPS) is 19.0. The molecule has 2 aliphatic rings. The molecule has 9 heteroatoms. The molecule has 1 N–H and O–H groups in total. The third kappa shape index (κ3) is 3.35. The topological polar surface area (TPSA) is 83.4 Å². The average molecular weight is 445 g/mol. The Balaban J connectivity index is 1.68. The van der Waals surface area contributed by atoms with Crippen molar-refractivity contribution in [2.75, 3.05) is 23.1 Å². The Hall–Kier alpha value is -2.65. The smallest absolute Gasteiger partial charge is 0.276 e. The Bertz CT molecular complexity index is 1000. The highest BCUT2D eigenvalue weighted by molar-refractivity contribution is 9.10. The quantitative estimate of drug-likeness (QED) is 0.736. The van der Waals surface area contributed by atoms with E-state index in [0.29, 0.717) is 27.9 Å². The first-order valence-electron chi connectivity index (χ1n) is 7.93. The number of anilines is 2. The van der Waals surface area contributed by atoms with Gasteiger partial charge in [-0.2, -0.15) is 0 Å². The molecule has 4 rings (SSSR count). The van der Waals surface area contributed by atoms with Gasteiger partial charge in [0.2, 0.25) is 5.91 Å². The number of carbonyl (C=O) groups excluding carboxylic acids is 2. The van der Waals surface area contributed by atoms with Crippen LogP contribution in [0.25, 0.3) is 0 Å². The van der Waals surface area contributed by atoms with E-state index >= 15 is 0 Å². The molecule has 0 radical (unpaired) electrons. The number of nitrogens with zero attached hydrogens (tertiary/aromatic N) is 3. The molecule has 0 spiro atoms. The Kier molecular flexibility index (Phi) is 4.71. The van der Waals surface area contributed by atoms with E-state index in [1.165, 1.54) is 16.7 Å².